The molecule has 2 aromatic heterocycles. The number of nitrogens with zero attached hydrogens (tertiary/aromatic N) is 5. The van der Waals surface area contributed by atoms with Gasteiger partial charge in [0.25, 0.3) is 0 Å². The molecule has 0 radical (unpaired) electrons. The summed E-state index contributed by atoms with van der Waals surface area (Å²) >= 11 is 1.77. The van der Waals surface area contributed by atoms with Gasteiger partial charge in [-0.2, -0.15) is 0 Å². The second-order valence-corrected chi connectivity index (χ2v) is 9.70. The lowest BCUT2D eigenvalue weighted by atomic mass is 9.94. The van der Waals surface area contributed by atoms with Gasteiger partial charge in [-0.05, 0) is 38.7 Å². The molecule has 2 saturated heterocycles. The van der Waals surface area contributed by atoms with E-state index in [9.17, 15) is 4.79 Å². The van der Waals surface area contributed by atoms with E-state index >= 15 is 0 Å². The standard InChI is InChI=1S/C21H29N5OS/c1-14-4-3-5-16-11-25(8-9-26(14)16)20(27)13-24-7-6-17-18-10-22-15(2)23-21(18)28-19(17)12-24/h10,14,16H,3-9,11-13H2,1-2H3. The van der Waals surface area contributed by atoms with E-state index < -0.39 is 0 Å². The van der Waals surface area contributed by atoms with Crippen molar-refractivity contribution in [3.05, 3.63) is 22.5 Å². The molecule has 2 atom stereocenters. The first kappa shape index (κ1) is 18.5. The van der Waals surface area contributed by atoms with Gasteiger partial charge in [0.05, 0.1) is 6.54 Å². The molecule has 2 unspecified atom stereocenters. The fraction of sp³-hybridized carbons (Fsp3) is 0.667. The first-order valence-corrected chi connectivity index (χ1v) is 11.4. The highest BCUT2D eigenvalue weighted by atomic mass is 32.1. The summed E-state index contributed by atoms with van der Waals surface area (Å²) in [6, 6.07) is 1.25. The maximum absolute atomic E-state index is 13.0. The van der Waals surface area contributed by atoms with Crippen molar-refractivity contribution in [2.45, 2.75) is 58.2 Å². The van der Waals surface area contributed by atoms with Crippen molar-refractivity contribution in [3.8, 4) is 0 Å². The molecule has 2 fully saturated rings. The average molecular weight is 400 g/mol. The molecule has 0 bridgehead atoms. The second-order valence-electron chi connectivity index (χ2n) is 8.61. The molecular weight excluding hydrogens is 370 g/mol. The number of fused-ring (bicyclic) bond motifs is 4. The molecule has 0 aliphatic carbocycles. The van der Waals surface area contributed by atoms with E-state index in [1.807, 2.05) is 13.1 Å². The smallest absolute Gasteiger partial charge is 0.236 e. The predicted octanol–water partition coefficient (Wildman–Crippen LogP) is 2.44. The van der Waals surface area contributed by atoms with E-state index in [1.54, 1.807) is 11.3 Å². The van der Waals surface area contributed by atoms with Gasteiger partial charge >= 0.3 is 0 Å². The monoisotopic (exact) mass is 399 g/mol. The van der Waals surface area contributed by atoms with Crippen LogP contribution in [0.25, 0.3) is 10.2 Å². The molecule has 1 amide bonds. The highest BCUT2D eigenvalue weighted by Gasteiger charge is 2.35. The van der Waals surface area contributed by atoms with E-state index in [-0.39, 0.29) is 0 Å². The summed E-state index contributed by atoms with van der Waals surface area (Å²) < 4.78 is 0. The summed E-state index contributed by atoms with van der Waals surface area (Å²) in [4.78, 5) is 31.5. The molecule has 5 rings (SSSR count). The van der Waals surface area contributed by atoms with Crippen molar-refractivity contribution in [1.29, 1.82) is 0 Å². The molecule has 7 heteroatoms. The highest BCUT2D eigenvalue weighted by molar-refractivity contribution is 7.18. The van der Waals surface area contributed by atoms with Gasteiger partial charge in [-0.3, -0.25) is 14.6 Å². The summed E-state index contributed by atoms with van der Waals surface area (Å²) in [6.07, 6.45) is 6.80. The third-order valence-corrected chi connectivity index (χ3v) is 7.89. The number of hydrogen-bond donors (Lipinski definition) is 0. The van der Waals surface area contributed by atoms with Crippen molar-refractivity contribution < 1.29 is 4.79 Å². The number of carbonyl (C=O) groups excluding carboxylic acids is 1. The minimum Gasteiger partial charge on any atom is -0.339 e. The molecule has 3 aliphatic rings. The van der Waals surface area contributed by atoms with Crippen LogP contribution in [-0.4, -0.2) is 75.4 Å². The zero-order chi connectivity index (χ0) is 19.3. The molecule has 0 aromatic carbocycles. The molecule has 0 saturated carbocycles. The minimum atomic E-state index is 0.304. The second kappa shape index (κ2) is 7.35. The number of piperidine rings is 1. The third-order valence-electron chi connectivity index (χ3n) is 6.77. The maximum atomic E-state index is 13.0. The number of aryl methyl sites for hydroxylation is 1. The van der Waals surface area contributed by atoms with Crippen molar-refractivity contribution in [2.75, 3.05) is 32.7 Å². The van der Waals surface area contributed by atoms with E-state index in [2.05, 4.69) is 31.6 Å². The largest absolute Gasteiger partial charge is 0.339 e. The van der Waals surface area contributed by atoms with Gasteiger partial charge in [-0.1, -0.05) is 6.42 Å². The molecule has 6 nitrogen and oxygen atoms in total. The van der Waals surface area contributed by atoms with E-state index in [0.29, 0.717) is 24.5 Å². The zero-order valence-electron chi connectivity index (χ0n) is 16.9. The number of rotatable bonds is 2. The quantitative estimate of drug-likeness (QED) is 0.776. The van der Waals surface area contributed by atoms with Crippen LogP contribution in [-0.2, 0) is 17.8 Å². The fourth-order valence-corrected chi connectivity index (χ4v) is 6.47. The lowest BCUT2D eigenvalue weighted by molar-refractivity contribution is -0.136. The summed E-state index contributed by atoms with van der Waals surface area (Å²) in [5.41, 5.74) is 1.40. The Balaban J connectivity index is 1.24. The van der Waals surface area contributed by atoms with Crippen LogP contribution in [0.2, 0.25) is 0 Å². The van der Waals surface area contributed by atoms with Crippen molar-refractivity contribution in [1.82, 2.24) is 24.7 Å². The van der Waals surface area contributed by atoms with Crippen LogP contribution in [0.4, 0.5) is 0 Å². The Bertz CT molecular complexity index is 896. The third kappa shape index (κ3) is 3.33. The summed E-state index contributed by atoms with van der Waals surface area (Å²) in [6.45, 7) is 9.47. The fourth-order valence-electron chi connectivity index (χ4n) is 5.19. The molecule has 28 heavy (non-hydrogen) atoms. The van der Waals surface area contributed by atoms with Crippen LogP contribution in [0.1, 0.15) is 42.5 Å². The highest BCUT2D eigenvalue weighted by Crippen LogP contribution is 2.34. The van der Waals surface area contributed by atoms with Crippen LogP contribution in [0.5, 0.6) is 0 Å². The van der Waals surface area contributed by atoms with Crippen molar-refractivity contribution in [3.63, 3.8) is 0 Å². The predicted molar refractivity (Wildman–Crippen MR) is 112 cm³/mol. The van der Waals surface area contributed by atoms with Gasteiger partial charge in [0.1, 0.15) is 10.7 Å². The van der Waals surface area contributed by atoms with E-state index in [4.69, 9.17) is 0 Å². The van der Waals surface area contributed by atoms with Crippen LogP contribution in [0.3, 0.4) is 0 Å². The van der Waals surface area contributed by atoms with Crippen LogP contribution >= 0.6 is 11.3 Å². The maximum Gasteiger partial charge on any atom is 0.236 e. The van der Waals surface area contributed by atoms with Crippen LogP contribution < -0.4 is 0 Å². The molecule has 2 aromatic rings. The van der Waals surface area contributed by atoms with Gasteiger partial charge in [0, 0.05) is 61.3 Å². The normalized spacial score (nSPS) is 26.3. The first-order chi connectivity index (χ1) is 13.6. The first-order valence-electron chi connectivity index (χ1n) is 10.6. The molecule has 3 aliphatic heterocycles. The summed E-state index contributed by atoms with van der Waals surface area (Å²) in [5, 5.41) is 1.21. The number of hydrogen-bond acceptors (Lipinski definition) is 6. The number of amides is 1. The Morgan fingerprint density at radius 3 is 3.07 bits per heavy atom. The average Bonchev–Trinajstić information content (AvgIpc) is 3.04. The van der Waals surface area contributed by atoms with Crippen molar-refractivity contribution in [2.24, 2.45) is 0 Å². The lowest BCUT2D eigenvalue weighted by Gasteiger charge is -2.47. The molecule has 0 spiro atoms. The molecular formula is C21H29N5OS. The number of piperazine rings is 1. The summed E-state index contributed by atoms with van der Waals surface area (Å²) in [5.74, 6) is 1.13. The zero-order valence-corrected chi connectivity index (χ0v) is 17.7. The number of thiophene rings is 1. The van der Waals surface area contributed by atoms with Gasteiger partial charge in [-0.15, -0.1) is 11.3 Å². The van der Waals surface area contributed by atoms with Crippen molar-refractivity contribution >= 4 is 27.5 Å². The number of aromatic nitrogens is 2. The van der Waals surface area contributed by atoms with Gasteiger partial charge in [0.15, 0.2) is 0 Å². The molecule has 5 heterocycles. The van der Waals surface area contributed by atoms with Crippen LogP contribution in [0.15, 0.2) is 6.20 Å². The van der Waals surface area contributed by atoms with E-state index in [0.717, 1.165) is 49.8 Å². The molecule has 0 N–H and O–H groups in total. The Morgan fingerprint density at radius 1 is 1.29 bits per heavy atom. The van der Waals surface area contributed by atoms with Gasteiger partial charge < -0.3 is 4.90 Å². The van der Waals surface area contributed by atoms with E-state index in [1.165, 1.54) is 35.1 Å². The van der Waals surface area contributed by atoms with Gasteiger partial charge in [-0.25, -0.2) is 9.97 Å². The summed E-state index contributed by atoms with van der Waals surface area (Å²) in [7, 11) is 0. The minimum absolute atomic E-state index is 0.304. The Morgan fingerprint density at radius 2 is 2.18 bits per heavy atom. The Labute approximate surface area is 170 Å². The van der Waals surface area contributed by atoms with Crippen LogP contribution in [0, 0.1) is 6.92 Å². The SMILES string of the molecule is Cc1ncc2c3c(sc2n1)CN(CC(=O)N1CCN2C(C)CCCC2C1)CC3. The Hall–Kier alpha value is -1.57. The van der Waals surface area contributed by atoms with Gasteiger partial charge in [0.2, 0.25) is 5.91 Å². The molecule has 150 valence electrons. The topological polar surface area (TPSA) is 52.6 Å². The Kier molecular flexibility index (Phi) is 4.85. The number of carbonyl (C=O) groups is 1. The lowest BCUT2D eigenvalue weighted by Crippen LogP contribution is -2.59.